The highest BCUT2D eigenvalue weighted by Crippen LogP contribution is 2.29. The number of benzene rings is 1. The number of hydrogen-bond donors (Lipinski definition) is 1. The van der Waals surface area contributed by atoms with E-state index in [2.05, 4.69) is 0 Å². The molecule has 1 aliphatic rings. The molecule has 122 valence electrons. The summed E-state index contributed by atoms with van der Waals surface area (Å²) in [5.74, 6) is 0.108. The molecule has 5 nitrogen and oxygen atoms in total. The van der Waals surface area contributed by atoms with Crippen molar-refractivity contribution in [1.29, 1.82) is 0 Å². The Bertz CT molecular complexity index is 641. The van der Waals surface area contributed by atoms with Crippen LogP contribution in [-0.2, 0) is 21.1 Å². The first-order valence-corrected chi connectivity index (χ1v) is 9.47. The van der Waals surface area contributed by atoms with Crippen LogP contribution in [0, 0.1) is 0 Å². The summed E-state index contributed by atoms with van der Waals surface area (Å²) in [6.07, 6.45) is 4.15. The van der Waals surface area contributed by atoms with Crippen LogP contribution in [0.25, 0.3) is 0 Å². The average molecular weight is 325 g/mol. The second-order valence-corrected chi connectivity index (χ2v) is 8.26. The van der Waals surface area contributed by atoms with Crippen molar-refractivity contribution in [2.45, 2.75) is 43.4 Å². The maximum absolute atomic E-state index is 12.3. The van der Waals surface area contributed by atoms with E-state index in [0.29, 0.717) is 12.8 Å². The van der Waals surface area contributed by atoms with Crippen molar-refractivity contribution >= 4 is 15.7 Å². The van der Waals surface area contributed by atoms with E-state index in [1.807, 2.05) is 6.07 Å². The Balaban J connectivity index is 1.99. The zero-order valence-corrected chi connectivity index (χ0v) is 13.8. The lowest BCUT2D eigenvalue weighted by atomic mass is 10.1. The third kappa shape index (κ3) is 3.80. The topological polar surface area (TPSA) is 74.7 Å². The van der Waals surface area contributed by atoms with Crippen LogP contribution in [0.5, 0.6) is 5.75 Å². The Morgan fingerprint density at radius 1 is 1.32 bits per heavy atom. The number of carbonyl (C=O) groups excluding carboxylic acids is 1. The molecule has 1 saturated carbocycles. The molecule has 2 atom stereocenters. The third-order valence-corrected chi connectivity index (χ3v) is 6.11. The van der Waals surface area contributed by atoms with Crippen molar-refractivity contribution in [2.24, 2.45) is 0 Å². The molecule has 2 rings (SSSR count). The molecule has 1 aliphatic carbocycles. The van der Waals surface area contributed by atoms with Gasteiger partial charge in [0, 0.05) is 25.8 Å². The minimum Gasteiger partial charge on any atom is -0.508 e. The maximum atomic E-state index is 12.3. The number of nitrogens with zero attached hydrogens (tertiary/aromatic N) is 1. The fourth-order valence-corrected chi connectivity index (χ4v) is 4.66. The number of hydrogen-bond acceptors (Lipinski definition) is 4. The van der Waals surface area contributed by atoms with E-state index in [0.717, 1.165) is 18.4 Å². The number of para-hydroxylation sites is 1. The molecule has 0 spiro atoms. The highest BCUT2D eigenvalue weighted by atomic mass is 32.2. The first-order chi connectivity index (χ1) is 10.3. The van der Waals surface area contributed by atoms with E-state index in [1.165, 1.54) is 6.26 Å². The monoisotopic (exact) mass is 325 g/mol. The number of rotatable bonds is 5. The molecule has 0 bridgehead atoms. The smallest absolute Gasteiger partial charge is 0.222 e. The SMILES string of the molecule is CN(C(=O)CCc1ccccc1O)[C@H]1CCC[C@H]1S(C)(=O)=O. The van der Waals surface area contributed by atoms with E-state index in [4.69, 9.17) is 0 Å². The van der Waals surface area contributed by atoms with Gasteiger partial charge in [0.25, 0.3) is 0 Å². The lowest BCUT2D eigenvalue weighted by Gasteiger charge is -2.29. The van der Waals surface area contributed by atoms with Gasteiger partial charge < -0.3 is 10.0 Å². The van der Waals surface area contributed by atoms with Crippen LogP contribution in [0.4, 0.5) is 0 Å². The molecule has 6 heteroatoms. The van der Waals surface area contributed by atoms with Gasteiger partial charge in [-0.3, -0.25) is 4.79 Å². The highest BCUT2D eigenvalue weighted by Gasteiger charge is 2.38. The summed E-state index contributed by atoms with van der Waals surface area (Å²) in [5.41, 5.74) is 0.732. The molecule has 0 heterocycles. The van der Waals surface area contributed by atoms with Gasteiger partial charge in [-0.15, -0.1) is 0 Å². The first kappa shape index (κ1) is 16.8. The number of phenols is 1. The van der Waals surface area contributed by atoms with Gasteiger partial charge in [-0.2, -0.15) is 0 Å². The second kappa shape index (κ2) is 6.69. The van der Waals surface area contributed by atoms with Gasteiger partial charge >= 0.3 is 0 Å². The largest absolute Gasteiger partial charge is 0.508 e. The molecule has 0 aliphatic heterocycles. The normalized spacial score (nSPS) is 21.7. The molecule has 1 amide bonds. The Kier molecular flexibility index (Phi) is 5.11. The van der Waals surface area contributed by atoms with E-state index >= 15 is 0 Å². The van der Waals surface area contributed by atoms with Crippen LogP contribution in [0.1, 0.15) is 31.2 Å². The number of amides is 1. The maximum Gasteiger partial charge on any atom is 0.222 e. The molecule has 1 aromatic carbocycles. The zero-order chi connectivity index (χ0) is 16.3. The van der Waals surface area contributed by atoms with Crippen molar-refractivity contribution in [1.82, 2.24) is 4.90 Å². The van der Waals surface area contributed by atoms with Crippen LogP contribution in [-0.4, -0.2) is 48.9 Å². The lowest BCUT2D eigenvalue weighted by Crippen LogP contribution is -2.44. The van der Waals surface area contributed by atoms with Crippen molar-refractivity contribution in [3.8, 4) is 5.75 Å². The van der Waals surface area contributed by atoms with Crippen molar-refractivity contribution in [3.63, 3.8) is 0 Å². The molecular weight excluding hydrogens is 302 g/mol. The van der Waals surface area contributed by atoms with Gasteiger partial charge in [-0.1, -0.05) is 18.2 Å². The van der Waals surface area contributed by atoms with Gasteiger partial charge in [0.15, 0.2) is 9.84 Å². The van der Waals surface area contributed by atoms with Crippen LogP contribution >= 0.6 is 0 Å². The van der Waals surface area contributed by atoms with E-state index in [9.17, 15) is 18.3 Å². The predicted molar refractivity (Wildman–Crippen MR) is 85.5 cm³/mol. The lowest BCUT2D eigenvalue weighted by molar-refractivity contribution is -0.131. The molecule has 1 fully saturated rings. The summed E-state index contributed by atoms with van der Waals surface area (Å²) >= 11 is 0. The fraction of sp³-hybridized carbons (Fsp3) is 0.562. The van der Waals surface area contributed by atoms with Gasteiger partial charge in [-0.05, 0) is 37.3 Å². The van der Waals surface area contributed by atoms with Gasteiger partial charge in [0.1, 0.15) is 5.75 Å². The molecule has 0 radical (unpaired) electrons. The standard InChI is InChI=1S/C16H23NO4S/c1-17(13-7-5-9-15(13)22(2,20)21)16(19)11-10-12-6-3-4-8-14(12)18/h3-4,6,8,13,15,18H,5,7,9-11H2,1-2H3/t13-,15+/m0/s1. The van der Waals surface area contributed by atoms with Crippen molar-refractivity contribution in [2.75, 3.05) is 13.3 Å². The summed E-state index contributed by atoms with van der Waals surface area (Å²) < 4.78 is 23.6. The average Bonchev–Trinajstić information content (AvgIpc) is 2.94. The molecule has 1 aromatic rings. The highest BCUT2D eigenvalue weighted by molar-refractivity contribution is 7.91. The van der Waals surface area contributed by atoms with Crippen LogP contribution in [0.15, 0.2) is 24.3 Å². The second-order valence-electron chi connectivity index (χ2n) is 6.00. The Labute approximate surface area is 131 Å². The summed E-state index contributed by atoms with van der Waals surface area (Å²) in [4.78, 5) is 13.9. The third-order valence-electron chi connectivity index (χ3n) is 4.46. The van der Waals surface area contributed by atoms with E-state index in [-0.39, 0.29) is 24.1 Å². The molecule has 0 saturated heterocycles. The van der Waals surface area contributed by atoms with Gasteiger partial charge in [-0.25, -0.2) is 8.42 Å². The van der Waals surface area contributed by atoms with Crippen LogP contribution in [0.2, 0.25) is 0 Å². The van der Waals surface area contributed by atoms with Gasteiger partial charge in [0.2, 0.25) is 5.91 Å². The van der Waals surface area contributed by atoms with Crippen LogP contribution < -0.4 is 0 Å². The molecule has 0 aromatic heterocycles. The molecule has 0 unspecified atom stereocenters. The van der Waals surface area contributed by atoms with Gasteiger partial charge in [0.05, 0.1) is 5.25 Å². The van der Waals surface area contributed by atoms with E-state index < -0.39 is 15.1 Å². The Hall–Kier alpha value is -1.56. The minimum atomic E-state index is -3.14. The molecule has 1 N–H and O–H groups in total. The predicted octanol–water partition coefficient (Wildman–Crippen LogP) is 1.75. The number of aromatic hydroxyl groups is 1. The molecular formula is C16H23NO4S. The summed E-state index contributed by atoms with van der Waals surface area (Å²) in [6.45, 7) is 0. The first-order valence-electron chi connectivity index (χ1n) is 7.52. The summed E-state index contributed by atoms with van der Waals surface area (Å²) in [6, 6.07) is 6.71. The minimum absolute atomic E-state index is 0.0798. The molecule has 22 heavy (non-hydrogen) atoms. The van der Waals surface area contributed by atoms with E-state index in [1.54, 1.807) is 30.1 Å². The number of carbonyl (C=O) groups is 1. The number of phenolic OH excluding ortho intramolecular Hbond substituents is 1. The van der Waals surface area contributed by atoms with Crippen molar-refractivity contribution in [3.05, 3.63) is 29.8 Å². The quantitative estimate of drug-likeness (QED) is 0.895. The van der Waals surface area contributed by atoms with Crippen LogP contribution in [0.3, 0.4) is 0 Å². The Morgan fingerprint density at radius 3 is 2.64 bits per heavy atom. The summed E-state index contributed by atoms with van der Waals surface area (Å²) in [7, 11) is -1.46. The zero-order valence-electron chi connectivity index (χ0n) is 13.0. The summed E-state index contributed by atoms with van der Waals surface area (Å²) in [5, 5.41) is 9.27. The number of sulfone groups is 1. The van der Waals surface area contributed by atoms with Crippen molar-refractivity contribution < 1.29 is 18.3 Å². The number of aryl methyl sites for hydroxylation is 1. The fourth-order valence-electron chi connectivity index (χ4n) is 3.17. The Morgan fingerprint density at radius 2 is 2.00 bits per heavy atom.